The first-order valence-corrected chi connectivity index (χ1v) is 11.4. The third-order valence-corrected chi connectivity index (χ3v) is 7.26. The van der Waals surface area contributed by atoms with Gasteiger partial charge in [-0.05, 0) is 44.0 Å². The highest BCUT2D eigenvalue weighted by Crippen LogP contribution is 2.44. The molecule has 0 atom stereocenters. The van der Waals surface area contributed by atoms with Gasteiger partial charge in [-0.3, -0.25) is 4.79 Å². The molecule has 2 heterocycles. The maximum atomic E-state index is 13.1. The third-order valence-electron chi connectivity index (χ3n) is 5.70. The molecular formula is C23H27N3O3S. The summed E-state index contributed by atoms with van der Waals surface area (Å²) in [6.45, 7) is 4.46. The zero-order chi connectivity index (χ0) is 21.0. The molecule has 2 aliphatic rings. The van der Waals surface area contributed by atoms with Gasteiger partial charge in [0.05, 0.1) is 17.2 Å². The second-order valence-electron chi connectivity index (χ2n) is 7.46. The summed E-state index contributed by atoms with van der Waals surface area (Å²) in [6, 6.07) is 16.8. The van der Waals surface area contributed by atoms with E-state index in [0.29, 0.717) is 31.1 Å². The number of thioether (sulfide) groups is 1. The number of hydrogen-bond acceptors (Lipinski definition) is 4. The number of carbonyl (C=O) groups excluding carboxylic acids is 2. The van der Waals surface area contributed by atoms with Gasteiger partial charge in [0, 0.05) is 31.0 Å². The van der Waals surface area contributed by atoms with E-state index in [2.05, 4.69) is 5.32 Å². The number of nitrogens with zero attached hydrogens (tertiary/aromatic N) is 2. The summed E-state index contributed by atoms with van der Waals surface area (Å²) in [6.07, 6.45) is 1.55. The van der Waals surface area contributed by atoms with Crippen molar-refractivity contribution in [2.24, 2.45) is 0 Å². The number of anilines is 1. The standard InChI is InChI=1S/C23H27N3O3S/c1-2-29-20-11-7-6-10-19(20)24-22(28)25-14-12-23(13-15-25)26(16-17-30-23)21(27)18-8-4-3-5-9-18/h3-11H,2,12-17H2,1H3,(H,24,28). The van der Waals surface area contributed by atoms with E-state index < -0.39 is 0 Å². The summed E-state index contributed by atoms with van der Waals surface area (Å²) in [5.74, 6) is 1.70. The van der Waals surface area contributed by atoms with Gasteiger partial charge in [-0.15, -0.1) is 11.8 Å². The van der Waals surface area contributed by atoms with Gasteiger partial charge in [0.2, 0.25) is 0 Å². The van der Waals surface area contributed by atoms with E-state index in [0.717, 1.165) is 30.7 Å². The monoisotopic (exact) mass is 425 g/mol. The van der Waals surface area contributed by atoms with Crippen LogP contribution in [-0.2, 0) is 0 Å². The lowest BCUT2D eigenvalue weighted by atomic mass is 10.0. The van der Waals surface area contributed by atoms with Crippen LogP contribution in [0.25, 0.3) is 0 Å². The highest BCUT2D eigenvalue weighted by Gasteiger charge is 2.47. The number of piperidine rings is 1. The van der Waals surface area contributed by atoms with E-state index in [4.69, 9.17) is 4.74 Å². The van der Waals surface area contributed by atoms with Gasteiger partial charge in [0.1, 0.15) is 5.75 Å². The zero-order valence-electron chi connectivity index (χ0n) is 17.2. The summed E-state index contributed by atoms with van der Waals surface area (Å²) in [4.78, 5) is 29.6. The number of urea groups is 1. The number of para-hydroxylation sites is 2. The molecule has 2 fully saturated rings. The molecule has 4 rings (SSSR count). The van der Waals surface area contributed by atoms with Crippen molar-refractivity contribution in [3.8, 4) is 5.75 Å². The van der Waals surface area contributed by atoms with Crippen molar-refractivity contribution < 1.29 is 14.3 Å². The van der Waals surface area contributed by atoms with Crippen molar-refractivity contribution in [2.45, 2.75) is 24.6 Å². The van der Waals surface area contributed by atoms with Crippen LogP contribution in [0.3, 0.4) is 0 Å². The molecule has 0 bridgehead atoms. The quantitative estimate of drug-likeness (QED) is 0.793. The van der Waals surface area contributed by atoms with Crippen LogP contribution < -0.4 is 10.1 Å². The molecule has 2 aromatic rings. The van der Waals surface area contributed by atoms with Crippen LogP contribution in [-0.4, -0.2) is 58.6 Å². The van der Waals surface area contributed by atoms with Gasteiger partial charge in [-0.1, -0.05) is 30.3 Å². The molecular weight excluding hydrogens is 398 g/mol. The first kappa shape index (κ1) is 20.6. The fourth-order valence-electron chi connectivity index (χ4n) is 4.15. The van der Waals surface area contributed by atoms with Crippen LogP contribution in [0.1, 0.15) is 30.1 Å². The number of nitrogens with one attached hydrogen (secondary N) is 1. The van der Waals surface area contributed by atoms with E-state index in [1.807, 2.05) is 83.1 Å². The molecule has 2 saturated heterocycles. The van der Waals surface area contributed by atoms with E-state index in [9.17, 15) is 9.59 Å². The normalized spacial score (nSPS) is 17.8. The highest BCUT2D eigenvalue weighted by molar-refractivity contribution is 8.00. The Hall–Kier alpha value is -2.67. The molecule has 1 N–H and O–H groups in total. The zero-order valence-corrected chi connectivity index (χ0v) is 18.0. The Morgan fingerprint density at radius 3 is 2.47 bits per heavy atom. The van der Waals surface area contributed by atoms with Crippen LogP contribution in [0.4, 0.5) is 10.5 Å². The molecule has 2 aliphatic heterocycles. The highest BCUT2D eigenvalue weighted by atomic mass is 32.2. The molecule has 2 aromatic carbocycles. The first-order chi connectivity index (χ1) is 14.6. The lowest BCUT2D eigenvalue weighted by Crippen LogP contribution is -2.54. The predicted octanol–water partition coefficient (Wildman–Crippen LogP) is 4.30. The van der Waals surface area contributed by atoms with Gasteiger partial charge in [0.15, 0.2) is 0 Å². The SMILES string of the molecule is CCOc1ccccc1NC(=O)N1CCC2(CC1)SCCN2C(=O)c1ccccc1. The molecule has 0 aromatic heterocycles. The second kappa shape index (κ2) is 9.00. The van der Waals surface area contributed by atoms with Gasteiger partial charge in [-0.25, -0.2) is 4.79 Å². The minimum absolute atomic E-state index is 0.0872. The number of ether oxygens (including phenoxy) is 1. The summed E-state index contributed by atoms with van der Waals surface area (Å²) in [7, 11) is 0. The first-order valence-electron chi connectivity index (χ1n) is 10.4. The smallest absolute Gasteiger partial charge is 0.321 e. The van der Waals surface area contributed by atoms with Gasteiger partial charge in [-0.2, -0.15) is 0 Å². The topological polar surface area (TPSA) is 61.9 Å². The van der Waals surface area contributed by atoms with E-state index in [1.54, 1.807) is 0 Å². The van der Waals surface area contributed by atoms with Crippen LogP contribution in [0.15, 0.2) is 54.6 Å². The molecule has 30 heavy (non-hydrogen) atoms. The molecule has 0 radical (unpaired) electrons. The Labute approximate surface area is 181 Å². The van der Waals surface area contributed by atoms with Crippen molar-refractivity contribution >= 4 is 29.4 Å². The van der Waals surface area contributed by atoms with Crippen molar-refractivity contribution in [3.63, 3.8) is 0 Å². The van der Waals surface area contributed by atoms with Gasteiger partial charge < -0.3 is 19.9 Å². The lowest BCUT2D eigenvalue weighted by molar-refractivity contribution is 0.0585. The number of rotatable bonds is 4. The Morgan fingerprint density at radius 2 is 1.73 bits per heavy atom. The minimum atomic E-state index is -0.215. The van der Waals surface area contributed by atoms with E-state index in [-0.39, 0.29) is 16.8 Å². The Bertz CT molecular complexity index is 898. The summed E-state index contributed by atoms with van der Waals surface area (Å²) in [5.41, 5.74) is 1.41. The summed E-state index contributed by atoms with van der Waals surface area (Å²) >= 11 is 1.85. The van der Waals surface area contributed by atoms with E-state index >= 15 is 0 Å². The fourth-order valence-corrected chi connectivity index (χ4v) is 5.61. The molecule has 0 unspecified atom stereocenters. The number of carbonyl (C=O) groups is 2. The maximum absolute atomic E-state index is 13.1. The van der Waals surface area contributed by atoms with Crippen molar-refractivity contribution in [3.05, 3.63) is 60.2 Å². The maximum Gasteiger partial charge on any atom is 0.321 e. The third kappa shape index (κ3) is 4.12. The average molecular weight is 426 g/mol. The largest absolute Gasteiger partial charge is 0.492 e. The molecule has 0 aliphatic carbocycles. The fraction of sp³-hybridized carbons (Fsp3) is 0.391. The number of hydrogen-bond donors (Lipinski definition) is 1. The number of likely N-dealkylation sites (tertiary alicyclic amines) is 1. The molecule has 3 amide bonds. The molecule has 7 heteroatoms. The Balaban J connectivity index is 1.40. The average Bonchev–Trinajstić information content (AvgIpc) is 3.18. The summed E-state index contributed by atoms with van der Waals surface area (Å²) in [5, 5.41) is 2.98. The predicted molar refractivity (Wildman–Crippen MR) is 120 cm³/mol. The van der Waals surface area contributed by atoms with Gasteiger partial charge in [0.25, 0.3) is 5.91 Å². The second-order valence-corrected chi connectivity index (χ2v) is 8.92. The van der Waals surface area contributed by atoms with Crippen LogP contribution in [0, 0.1) is 0 Å². The molecule has 1 spiro atoms. The molecule has 6 nitrogen and oxygen atoms in total. The minimum Gasteiger partial charge on any atom is -0.492 e. The molecule has 0 saturated carbocycles. The van der Waals surface area contributed by atoms with Crippen molar-refractivity contribution in [1.82, 2.24) is 9.80 Å². The number of benzene rings is 2. The van der Waals surface area contributed by atoms with E-state index in [1.165, 1.54) is 0 Å². The van der Waals surface area contributed by atoms with Gasteiger partial charge >= 0.3 is 6.03 Å². The lowest BCUT2D eigenvalue weighted by Gasteiger charge is -2.44. The van der Waals surface area contributed by atoms with Crippen molar-refractivity contribution in [1.29, 1.82) is 0 Å². The Kier molecular flexibility index (Phi) is 6.18. The summed E-state index contributed by atoms with van der Waals surface area (Å²) < 4.78 is 5.60. The number of amides is 3. The van der Waals surface area contributed by atoms with Crippen LogP contribution in [0.5, 0.6) is 5.75 Å². The van der Waals surface area contributed by atoms with Crippen LogP contribution >= 0.6 is 11.8 Å². The van der Waals surface area contributed by atoms with Crippen LogP contribution in [0.2, 0.25) is 0 Å². The Morgan fingerprint density at radius 1 is 1.03 bits per heavy atom. The van der Waals surface area contributed by atoms with Crippen molar-refractivity contribution in [2.75, 3.05) is 37.3 Å². The molecule has 158 valence electrons.